The van der Waals surface area contributed by atoms with Crippen molar-refractivity contribution in [3.8, 4) is 11.1 Å². The van der Waals surface area contributed by atoms with Gasteiger partial charge < -0.3 is 24.5 Å². The van der Waals surface area contributed by atoms with E-state index in [1.165, 1.54) is 7.11 Å². The highest BCUT2D eigenvalue weighted by molar-refractivity contribution is 5.80. The first-order valence-electron chi connectivity index (χ1n) is 15.6. The van der Waals surface area contributed by atoms with Crippen LogP contribution >= 0.6 is 0 Å². The van der Waals surface area contributed by atoms with Crippen LogP contribution in [0.4, 0.5) is 25.0 Å². The van der Waals surface area contributed by atoms with Crippen LogP contribution in [0.15, 0.2) is 36.7 Å². The average Bonchev–Trinajstić information content (AvgIpc) is 3.45. The van der Waals surface area contributed by atoms with Gasteiger partial charge in [0.2, 0.25) is 5.91 Å². The van der Waals surface area contributed by atoms with Crippen LogP contribution in [0.3, 0.4) is 0 Å². The molecule has 3 aliphatic heterocycles. The SMILES string of the molecule is COC(=O)N1CCc2cc(C3CCC(=O)N(CC(C)(C)O)C3)cc(N3CCCc4cc(-c5cnn(C)c5)c(C(F)F)cc43)c2C1. The van der Waals surface area contributed by atoms with Crippen molar-refractivity contribution in [2.24, 2.45) is 7.05 Å². The molecular weight excluding hydrogens is 580 g/mol. The first-order valence-corrected chi connectivity index (χ1v) is 15.6. The molecule has 0 bridgehead atoms. The van der Waals surface area contributed by atoms with Gasteiger partial charge in [-0.2, -0.15) is 5.10 Å². The predicted octanol–water partition coefficient (Wildman–Crippen LogP) is 5.71. The quantitative estimate of drug-likeness (QED) is 0.379. The molecule has 2 amide bonds. The number of aliphatic hydroxyl groups is 1. The normalized spacial score (nSPS) is 18.7. The van der Waals surface area contributed by atoms with E-state index < -0.39 is 18.1 Å². The minimum absolute atomic E-state index is 0.0363. The molecule has 0 spiro atoms. The number of likely N-dealkylation sites (tertiary alicyclic amines) is 1. The van der Waals surface area contributed by atoms with Crippen LogP contribution in [0.5, 0.6) is 0 Å². The number of halogens is 2. The third-order valence-electron chi connectivity index (χ3n) is 9.23. The molecule has 1 atom stereocenters. The maximum absolute atomic E-state index is 14.6. The van der Waals surface area contributed by atoms with Gasteiger partial charge in [0.15, 0.2) is 0 Å². The van der Waals surface area contributed by atoms with E-state index >= 15 is 0 Å². The molecule has 4 heterocycles. The lowest BCUT2D eigenvalue weighted by molar-refractivity contribution is -0.137. The largest absolute Gasteiger partial charge is 0.453 e. The Morgan fingerprint density at radius 3 is 2.60 bits per heavy atom. The predicted molar refractivity (Wildman–Crippen MR) is 167 cm³/mol. The number of nitrogens with zero attached hydrogens (tertiary/aromatic N) is 5. The van der Waals surface area contributed by atoms with Crippen LogP contribution in [0, 0.1) is 0 Å². The van der Waals surface area contributed by atoms with Gasteiger partial charge in [-0.05, 0) is 85.5 Å². The number of fused-ring (bicyclic) bond motifs is 2. The molecule has 1 unspecified atom stereocenters. The zero-order valence-electron chi connectivity index (χ0n) is 26.4. The first kappa shape index (κ1) is 31.0. The van der Waals surface area contributed by atoms with Crippen LogP contribution in [0.2, 0.25) is 0 Å². The molecule has 240 valence electrons. The molecule has 3 aromatic rings. The fourth-order valence-corrected chi connectivity index (χ4v) is 7.13. The molecule has 45 heavy (non-hydrogen) atoms. The summed E-state index contributed by atoms with van der Waals surface area (Å²) in [6.07, 6.45) is 3.61. The van der Waals surface area contributed by atoms with Gasteiger partial charge in [-0.1, -0.05) is 6.07 Å². The summed E-state index contributed by atoms with van der Waals surface area (Å²) in [5.41, 5.74) is 5.92. The van der Waals surface area contributed by atoms with Gasteiger partial charge >= 0.3 is 6.09 Å². The molecule has 1 N–H and O–H groups in total. The van der Waals surface area contributed by atoms with Crippen molar-refractivity contribution in [1.82, 2.24) is 19.6 Å². The molecule has 0 saturated carbocycles. The van der Waals surface area contributed by atoms with Crippen molar-refractivity contribution in [2.75, 3.05) is 38.2 Å². The zero-order chi connectivity index (χ0) is 32.0. The number of methoxy groups -OCH3 is 1. The number of hydrogen-bond donors (Lipinski definition) is 1. The molecule has 3 aliphatic rings. The summed E-state index contributed by atoms with van der Waals surface area (Å²) in [7, 11) is 3.14. The van der Waals surface area contributed by atoms with Crippen LogP contribution in [-0.2, 0) is 36.0 Å². The van der Waals surface area contributed by atoms with Gasteiger partial charge in [-0.15, -0.1) is 0 Å². The number of ether oxygens (including phenoxy) is 1. The Bertz CT molecular complexity index is 1610. The van der Waals surface area contributed by atoms with Gasteiger partial charge in [-0.25, -0.2) is 13.6 Å². The Morgan fingerprint density at radius 1 is 1.11 bits per heavy atom. The number of carbonyl (C=O) groups is 2. The number of carbonyl (C=O) groups excluding carboxylic acids is 2. The van der Waals surface area contributed by atoms with Crippen LogP contribution in [-0.4, -0.2) is 75.6 Å². The number of piperidine rings is 1. The maximum Gasteiger partial charge on any atom is 0.409 e. The topological polar surface area (TPSA) is 91.1 Å². The summed E-state index contributed by atoms with van der Waals surface area (Å²) in [6, 6.07) is 7.84. The lowest BCUT2D eigenvalue weighted by atomic mass is 9.85. The molecule has 2 aromatic carbocycles. The van der Waals surface area contributed by atoms with E-state index in [4.69, 9.17) is 4.74 Å². The average molecular weight is 622 g/mol. The van der Waals surface area contributed by atoms with Gasteiger partial charge in [0.25, 0.3) is 6.43 Å². The van der Waals surface area contributed by atoms with E-state index in [1.807, 2.05) is 6.07 Å². The number of aromatic nitrogens is 2. The monoisotopic (exact) mass is 621 g/mol. The van der Waals surface area contributed by atoms with Gasteiger partial charge in [0, 0.05) is 74.3 Å². The highest BCUT2D eigenvalue weighted by Gasteiger charge is 2.34. The summed E-state index contributed by atoms with van der Waals surface area (Å²) in [5.74, 6) is 0.0933. The van der Waals surface area contributed by atoms with Gasteiger partial charge in [0.1, 0.15) is 0 Å². The standard InChI is InChI=1S/C34H41F2N5O4/c1-34(2,44)20-40-18-23(7-8-31(40)42)24-12-21-9-11-39(33(43)45-4)19-28(21)30(14-24)41-10-5-6-22-13-26(25-16-37-38(3)17-25)27(32(35)36)15-29(22)41/h12-17,23,32,44H,5-11,18-20H2,1-4H3. The fourth-order valence-electron chi connectivity index (χ4n) is 7.13. The van der Waals surface area contributed by atoms with Crippen LogP contribution in [0.25, 0.3) is 11.1 Å². The number of benzene rings is 2. The molecular formula is C34H41F2N5O4. The number of alkyl halides is 2. The van der Waals surface area contributed by atoms with Crippen molar-refractivity contribution >= 4 is 23.4 Å². The summed E-state index contributed by atoms with van der Waals surface area (Å²) in [6.45, 7) is 5.66. The van der Waals surface area contributed by atoms with Crippen molar-refractivity contribution in [3.05, 3.63) is 64.5 Å². The van der Waals surface area contributed by atoms with Crippen molar-refractivity contribution in [1.29, 1.82) is 0 Å². The zero-order valence-corrected chi connectivity index (χ0v) is 26.4. The number of β-amino-alcohol motifs (C(OH)–C–C–N with tert-alkyl or cyclic N) is 1. The Kier molecular flexibility index (Phi) is 8.32. The second-order valence-corrected chi connectivity index (χ2v) is 13.2. The van der Waals surface area contributed by atoms with E-state index in [1.54, 1.807) is 53.8 Å². The van der Waals surface area contributed by atoms with E-state index in [9.17, 15) is 23.5 Å². The minimum Gasteiger partial charge on any atom is -0.453 e. The molecule has 0 radical (unpaired) electrons. The van der Waals surface area contributed by atoms with Gasteiger partial charge in [-0.3, -0.25) is 9.48 Å². The Labute approximate surface area is 262 Å². The van der Waals surface area contributed by atoms with Crippen LogP contribution in [0.1, 0.15) is 73.3 Å². The Balaban J connectivity index is 1.45. The highest BCUT2D eigenvalue weighted by atomic mass is 19.3. The van der Waals surface area contributed by atoms with Crippen LogP contribution < -0.4 is 4.90 Å². The minimum atomic E-state index is -2.68. The number of hydrogen-bond acceptors (Lipinski definition) is 6. The summed E-state index contributed by atoms with van der Waals surface area (Å²) >= 11 is 0. The summed E-state index contributed by atoms with van der Waals surface area (Å²) in [4.78, 5) is 30.9. The molecule has 9 nitrogen and oxygen atoms in total. The number of amides is 2. The lowest BCUT2D eigenvalue weighted by Crippen LogP contribution is -2.46. The first-order chi connectivity index (χ1) is 21.4. The number of aryl methyl sites for hydroxylation is 2. The third-order valence-corrected chi connectivity index (χ3v) is 9.23. The fraction of sp³-hybridized carbons (Fsp3) is 0.500. The molecule has 1 fully saturated rings. The van der Waals surface area contributed by atoms with E-state index in [0.717, 1.165) is 46.5 Å². The Morgan fingerprint density at radius 2 is 1.91 bits per heavy atom. The second kappa shape index (κ2) is 12.1. The van der Waals surface area contributed by atoms with E-state index in [-0.39, 0.29) is 23.9 Å². The summed E-state index contributed by atoms with van der Waals surface area (Å²) < 4.78 is 35.9. The van der Waals surface area contributed by atoms with Crippen molar-refractivity contribution in [2.45, 2.75) is 70.4 Å². The van der Waals surface area contributed by atoms with Crippen molar-refractivity contribution < 1.29 is 28.2 Å². The van der Waals surface area contributed by atoms with Crippen molar-refractivity contribution in [3.63, 3.8) is 0 Å². The van der Waals surface area contributed by atoms with E-state index in [0.29, 0.717) is 56.6 Å². The Hall–Kier alpha value is -3.99. The lowest BCUT2D eigenvalue weighted by Gasteiger charge is -2.39. The third kappa shape index (κ3) is 6.27. The number of rotatable bonds is 6. The smallest absolute Gasteiger partial charge is 0.409 e. The highest BCUT2D eigenvalue weighted by Crippen LogP contribution is 2.44. The van der Waals surface area contributed by atoms with E-state index in [2.05, 4.69) is 22.1 Å². The number of anilines is 2. The molecule has 0 aliphatic carbocycles. The molecule has 6 rings (SSSR count). The van der Waals surface area contributed by atoms with Gasteiger partial charge in [0.05, 0.1) is 25.5 Å². The molecule has 11 heteroatoms. The molecule has 1 aromatic heterocycles. The maximum atomic E-state index is 14.6. The summed E-state index contributed by atoms with van der Waals surface area (Å²) in [5, 5.41) is 14.7. The molecule has 1 saturated heterocycles. The second-order valence-electron chi connectivity index (χ2n) is 13.2.